The summed E-state index contributed by atoms with van der Waals surface area (Å²) in [4.78, 5) is 16.5. The zero-order chi connectivity index (χ0) is 23.1. The smallest absolute Gasteiger partial charge is 0.243 e. The number of carbonyl (C=O) groups is 1. The largest absolute Gasteiger partial charge is 0.273 e. The number of fused-ring (bicyclic) bond motifs is 1. The molecule has 0 aliphatic carbocycles. The number of nitrogens with zero attached hydrogens (tertiary/aromatic N) is 6. The molecule has 32 heavy (non-hydrogen) atoms. The SMILES string of the molecule is C=C(CCC(=O)N1N=CCC1c1cncc(F)c1)Cn1cc2cc(C#N)ccc2n1.CC. The van der Waals surface area contributed by atoms with E-state index in [1.165, 1.54) is 11.1 Å². The van der Waals surface area contributed by atoms with Gasteiger partial charge in [0.05, 0.1) is 35.9 Å². The molecule has 164 valence electrons. The lowest BCUT2D eigenvalue weighted by atomic mass is 10.1. The van der Waals surface area contributed by atoms with Crippen LogP contribution in [0, 0.1) is 17.1 Å². The zero-order valence-corrected chi connectivity index (χ0v) is 18.2. The second kappa shape index (κ2) is 10.4. The van der Waals surface area contributed by atoms with Gasteiger partial charge in [0.15, 0.2) is 0 Å². The quantitative estimate of drug-likeness (QED) is 0.525. The van der Waals surface area contributed by atoms with Crippen LogP contribution in [0.2, 0.25) is 0 Å². The molecule has 2 aromatic heterocycles. The second-order valence-electron chi connectivity index (χ2n) is 7.19. The van der Waals surface area contributed by atoms with E-state index in [9.17, 15) is 9.18 Å². The number of halogens is 1. The van der Waals surface area contributed by atoms with Crippen LogP contribution in [0.1, 0.15) is 50.3 Å². The Bertz CT molecular complexity index is 1190. The molecular weight excluding hydrogens is 407 g/mol. The molecule has 0 spiro atoms. The fourth-order valence-corrected chi connectivity index (χ4v) is 3.48. The number of hydrogen-bond donors (Lipinski definition) is 0. The lowest BCUT2D eigenvalue weighted by molar-refractivity contribution is -0.133. The lowest BCUT2D eigenvalue weighted by Gasteiger charge is -2.22. The Morgan fingerprint density at radius 1 is 1.28 bits per heavy atom. The Kier molecular flexibility index (Phi) is 7.45. The molecule has 3 heterocycles. The third kappa shape index (κ3) is 5.24. The molecule has 4 rings (SSSR count). The summed E-state index contributed by atoms with van der Waals surface area (Å²) in [6, 6.07) is 8.49. The van der Waals surface area contributed by atoms with E-state index in [4.69, 9.17) is 5.26 Å². The molecule has 1 aromatic carbocycles. The van der Waals surface area contributed by atoms with Gasteiger partial charge in [-0.3, -0.25) is 14.5 Å². The maximum Gasteiger partial charge on any atom is 0.243 e. The summed E-state index contributed by atoms with van der Waals surface area (Å²) in [7, 11) is 0. The summed E-state index contributed by atoms with van der Waals surface area (Å²) in [5.41, 5.74) is 2.86. The van der Waals surface area contributed by atoms with E-state index in [0.717, 1.165) is 22.7 Å². The molecule has 0 N–H and O–H groups in total. The average Bonchev–Trinajstić information content (AvgIpc) is 3.45. The third-order valence-corrected chi connectivity index (χ3v) is 4.96. The minimum atomic E-state index is -0.436. The standard InChI is InChI=1S/C22H19FN6O.C2H6/c1-15(13-28-14-18-8-16(10-24)3-4-20(18)27-28)2-5-22(30)29-21(6-7-26-29)17-9-19(23)12-25-11-17;1-2/h3-4,7-9,11-12,14,21H,1-2,5-6,13H2;1-2H3. The monoisotopic (exact) mass is 432 g/mol. The summed E-state index contributed by atoms with van der Waals surface area (Å²) >= 11 is 0. The zero-order valence-electron chi connectivity index (χ0n) is 18.2. The molecule has 0 fully saturated rings. The minimum absolute atomic E-state index is 0.150. The summed E-state index contributed by atoms with van der Waals surface area (Å²) in [5.74, 6) is -0.586. The first-order valence-electron chi connectivity index (χ1n) is 10.5. The number of amides is 1. The number of hydrazone groups is 1. The van der Waals surface area contributed by atoms with Crippen LogP contribution in [0.15, 0.2) is 60.1 Å². The van der Waals surface area contributed by atoms with E-state index in [1.807, 2.05) is 26.1 Å². The Morgan fingerprint density at radius 3 is 2.84 bits per heavy atom. The van der Waals surface area contributed by atoms with Crippen LogP contribution >= 0.6 is 0 Å². The Morgan fingerprint density at radius 2 is 2.09 bits per heavy atom. The molecule has 1 amide bonds. The van der Waals surface area contributed by atoms with Crippen LogP contribution < -0.4 is 0 Å². The van der Waals surface area contributed by atoms with Crippen molar-refractivity contribution in [1.82, 2.24) is 19.8 Å². The number of pyridine rings is 1. The first kappa shape index (κ1) is 22.8. The molecule has 0 bridgehead atoms. The topological polar surface area (TPSA) is 87.2 Å². The molecule has 7 nitrogen and oxygen atoms in total. The average molecular weight is 433 g/mol. The van der Waals surface area contributed by atoms with E-state index in [-0.39, 0.29) is 18.4 Å². The van der Waals surface area contributed by atoms with Crippen LogP contribution in [-0.2, 0) is 11.3 Å². The Balaban J connectivity index is 0.00000141. The second-order valence-corrected chi connectivity index (χ2v) is 7.19. The number of carbonyl (C=O) groups excluding carboxylic acids is 1. The molecule has 0 saturated carbocycles. The Labute approximate surface area is 186 Å². The molecule has 0 radical (unpaired) electrons. The minimum Gasteiger partial charge on any atom is -0.273 e. The van der Waals surface area contributed by atoms with Gasteiger partial charge in [0, 0.05) is 36.8 Å². The number of benzene rings is 1. The van der Waals surface area contributed by atoms with Crippen molar-refractivity contribution in [3.8, 4) is 6.07 Å². The maximum absolute atomic E-state index is 13.5. The highest BCUT2D eigenvalue weighted by atomic mass is 19.1. The van der Waals surface area contributed by atoms with Crippen molar-refractivity contribution in [3.63, 3.8) is 0 Å². The van der Waals surface area contributed by atoms with Crippen molar-refractivity contribution in [2.75, 3.05) is 0 Å². The van der Waals surface area contributed by atoms with Crippen LogP contribution in [0.3, 0.4) is 0 Å². The Hall–Kier alpha value is -3.86. The molecule has 1 unspecified atom stereocenters. The van der Waals surface area contributed by atoms with Crippen molar-refractivity contribution >= 4 is 23.0 Å². The van der Waals surface area contributed by atoms with Gasteiger partial charge in [-0.1, -0.05) is 26.0 Å². The predicted octanol–water partition coefficient (Wildman–Crippen LogP) is 4.76. The van der Waals surface area contributed by atoms with E-state index >= 15 is 0 Å². The van der Waals surface area contributed by atoms with Gasteiger partial charge in [-0.2, -0.15) is 15.5 Å². The number of nitriles is 1. The van der Waals surface area contributed by atoms with Crippen molar-refractivity contribution in [3.05, 3.63) is 72.0 Å². The van der Waals surface area contributed by atoms with Crippen molar-refractivity contribution in [2.24, 2.45) is 5.10 Å². The molecular formula is C24H25FN6O. The van der Waals surface area contributed by atoms with Gasteiger partial charge in [0.1, 0.15) is 5.82 Å². The van der Waals surface area contributed by atoms with Gasteiger partial charge in [-0.05, 0) is 36.2 Å². The number of aromatic nitrogens is 3. The third-order valence-electron chi connectivity index (χ3n) is 4.96. The van der Waals surface area contributed by atoms with Gasteiger partial charge in [-0.15, -0.1) is 0 Å². The summed E-state index contributed by atoms with van der Waals surface area (Å²) in [6.45, 7) is 8.54. The van der Waals surface area contributed by atoms with Gasteiger partial charge in [0.25, 0.3) is 0 Å². The van der Waals surface area contributed by atoms with Crippen LogP contribution in [0.25, 0.3) is 10.9 Å². The highest BCUT2D eigenvalue weighted by Gasteiger charge is 2.28. The molecule has 0 saturated heterocycles. The van der Waals surface area contributed by atoms with E-state index in [0.29, 0.717) is 30.5 Å². The molecule has 1 aliphatic rings. The van der Waals surface area contributed by atoms with Crippen molar-refractivity contribution in [2.45, 2.75) is 45.7 Å². The lowest BCUT2D eigenvalue weighted by Crippen LogP contribution is -2.27. The molecule has 1 aliphatic heterocycles. The van der Waals surface area contributed by atoms with Gasteiger partial charge >= 0.3 is 0 Å². The van der Waals surface area contributed by atoms with E-state index in [1.54, 1.807) is 29.2 Å². The summed E-state index contributed by atoms with van der Waals surface area (Å²) in [5, 5.41) is 19.9. The van der Waals surface area contributed by atoms with E-state index in [2.05, 4.69) is 27.8 Å². The number of rotatable bonds is 6. The van der Waals surface area contributed by atoms with Crippen LogP contribution in [0.5, 0.6) is 0 Å². The van der Waals surface area contributed by atoms with Crippen molar-refractivity contribution < 1.29 is 9.18 Å². The fraction of sp³-hybridized carbons (Fsp3) is 0.292. The maximum atomic E-state index is 13.5. The predicted molar refractivity (Wildman–Crippen MR) is 121 cm³/mol. The highest BCUT2D eigenvalue weighted by molar-refractivity contribution is 5.80. The van der Waals surface area contributed by atoms with E-state index < -0.39 is 5.82 Å². The fourth-order valence-electron chi connectivity index (χ4n) is 3.48. The molecule has 1 atom stereocenters. The van der Waals surface area contributed by atoms with Gasteiger partial charge in [-0.25, -0.2) is 9.40 Å². The first-order chi connectivity index (χ1) is 15.5. The van der Waals surface area contributed by atoms with Gasteiger partial charge in [0.2, 0.25) is 5.91 Å². The van der Waals surface area contributed by atoms with Crippen LogP contribution in [0.4, 0.5) is 4.39 Å². The summed E-state index contributed by atoms with van der Waals surface area (Å²) in [6.07, 6.45) is 7.47. The van der Waals surface area contributed by atoms with Crippen molar-refractivity contribution in [1.29, 1.82) is 5.26 Å². The number of hydrogen-bond acceptors (Lipinski definition) is 5. The molecule has 3 aromatic rings. The van der Waals surface area contributed by atoms with Crippen LogP contribution in [-0.4, -0.2) is 31.9 Å². The summed E-state index contributed by atoms with van der Waals surface area (Å²) < 4.78 is 15.2. The highest BCUT2D eigenvalue weighted by Crippen LogP contribution is 2.29. The number of allylic oxidation sites excluding steroid dienone is 1. The van der Waals surface area contributed by atoms with Gasteiger partial charge < -0.3 is 0 Å². The molecule has 8 heteroatoms. The first-order valence-corrected chi connectivity index (χ1v) is 10.5. The normalized spacial score (nSPS) is 14.7.